The maximum absolute atomic E-state index is 12.2. The van der Waals surface area contributed by atoms with Gasteiger partial charge >= 0.3 is 0 Å². The minimum Gasteiger partial charge on any atom is -0.508 e. The third kappa shape index (κ3) is 2.49. The van der Waals surface area contributed by atoms with Gasteiger partial charge in [0.05, 0.1) is 11.9 Å². The number of nitrogens with zero attached hydrogens (tertiary/aromatic N) is 2. The molecule has 0 aliphatic rings. The van der Waals surface area contributed by atoms with Crippen LogP contribution in [0.2, 0.25) is 0 Å². The molecule has 3 rings (SSSR count). The van der Waals surface area contributed by atoms with Crippen molar-refractivity contribution >= 4 is 0 Å². The minimum absolute atomic E-state index is 0.0400. The van der Waals surface area contributed by atoms with Gasteiger partial charge in [0.25, 0.3) is 5.56 Å². The fourth-order valence-electron chi connectivity index (χ4n) is 2.08. The summed E-state index contributed by atoms with van der Waals surface area (Å²) in [4.78, 5) is 12.2. The van der Waals surface area contributed by atoms with Gasteiger partial charge in [-0.15, -0.1) is 0 Å². The van der Waals surface area contributed by atoms with Gasteiger partial charge in [-0.2, -0.15) is 9.78 Å². The van der Waals surface area contributed by atoms with Crippen molar-refractivity contribution in [2.75, 3.05) is 0 Å². The fourth-order valence-corrected chi connectivity index (χ4v) is 2.08. The van der Waals surface area contributed by atoms with E-state index in [1.807, 2.05) is 18.2 Å². The third-order valence-corrected chi connectivity index (χ3v) is 3.09. The summed E-state index contributed by atoms with van der Waals surface area (Å²) in [6.45, 7) is 0. The Morgan fingerprint density at radius 3 is 2.38 bits per heavy atom. The zero-order valence-electron chi connectivity index (χ0n) is 11.0. The van der Waals surface area contributed by atoms with Gasteiger partial charge in [0.2, 0.25) is 0 Å². The fraction of sp³-hybridized carbons (Fsp3) is 0. The maximum Gasteiger partial charge on any atom is 0.272 e. The molecule has 21 heavy (non-hydrogen) atoms. The maximum atomic E-state index is 12.2. The first-order chi connectivity index (χ1) is 10.1. The Hall–Kier alpha value is -3.08. The average molecular weight is 280 g/mol. The smallest absolute Gasteiger partial charge is 0.272 e. The normalized spacial score (nSPS) is 10.5. The van der Waals surface area contributed by atoms with E-state index in [1.54, 1.807) is 12.1 Å². The Bertz CT molecular complexity index is 842. The molecule has 0 radical (unpaired) electrons. The van der Waals surface area contributed by atoms with Crippen molar-refractivity contribution < 1.29 is 10.2 Å². The average Bonchev–Trinajstić information content (AvgIpc) is 2.48. The van der Waals surface area contributed by atoms with Gasteiger partial charge in [0, 0.05) is 23.3 Å². The molecule has 5 nitrogen and oxygen atoms in total. The van der Waals surface area contributed by atoms with Gasteiger partial charge in [0.15, 0.2) is 0 Å². The lowest BCUT2D eigenvalue weighted by molar-refractivity contribution is 0.452. The highest BCUT2D eigenvalue weighted by Crippen LogP contribution is 2.30. The first-order valence-corrected chi connectivity index (χ1v) is 6.32. The summed E-state index contributed by atoms with van der Waals surface area (Å²) < 4.78 is 1.28. The second kappa shape index (κ2) is 5.13. The second-order valence-electron chi connectivity index (χ2n) is 4.53. The quantitative estimate of drug-likeness (QED) is 0.755. The van der Waals surface area contributed by atoms with E-state index in [9.17, 15) is 15.0 Å². The first-order valence-electron chi connectivity index (χ1n) is 6.32. The molecule has 5 heteroatoms. The van der Waals surface area contributed by atoms with Crippen molar-refractivity contribution in [1.29, 1.82) is 0 Å². The molecule has 0 aliphatic heterocycles. The van der Waals surface area contributed by atoms with E-state index in [0.29, 0.717) is 16.8 Å². The van der Waals surface area contributed by atoms with Crippen LogP contribution < -0.4 is 5.56 Å². The number of rotatable bonds is 2. The number of para-hydroxylation sites is 1. The van der Waals surface area contributed by atoms with Crippen LogP contribution in [0.25, 0.3) is 16.8 Å². The zero-order chi connectivity index (χ0) is 14.8. The van der Waals surface area contributed by atoms with Crippen molar-refractivity contribution in [3.8, 4) is 28.3 Å². The monoisotopic (exact) mass is 280 g/mol. The van der Waals surface area contributed by atoms with Crippen LogP contribution in [0.3, 0.4) is 0 Å². The van der Waals surface area contributed by atoms with E-state index < -0.39 is 0 Å². The van der Waals surface area contributed by atoms with Crippen LogP contribution in [0, 0.1) is 0 Å². The van der Waals surface area contributed by atoms with Crippen LogP contribution in [0.5, 0.6) is 11.5 Å². The molecule has 1 aromatic heterocycles. The van der Waals surface area contributed by atoms with Gasteiger partial charge in [0.1, 0.15) is 11.5 Å². The zero-order valence-corrected chi connectivity index (χ0v) is 11.0. The summed E-state index contributed by atoms with van der Waals surface area (Å²) in [5.74, 6) is -0.143. The summed E-state index contributed by atoms with van der Waals surface area (Å²) in [6.07, 6.45) is 1.50. The predicted molar refractivity (Wildman–Crippen MR) is 78.6 cm³/mol. The molecule has 0 saturated heterocycles. The first kappa shape index (κ1) is 12.9. The summed E-state index contributed by atoms with van der Waals surface area (Å²) in [7, 11) is 0. The van der Waals surface area contributed by atoms with E-state index in [2.05, 4.69) is 5.10 Å². The number of benzene rings is 2. The molecule has 0 bridgehead atoms. The van der Waals surface area contributed by atoms with Crippen molar-refractivity contribution in [1.82, 2.24) is 9.78 Å². The van der Waals surface area contributed by atoms with Crippen molar-refractivity contribution in [2.24, 2.45) is 0 Å². The molecule has 3 aromatic rings. The minimum atomic E-state index is -0.300. The largest absolute Gasteiger partial charge is 0.508 e. The third-order valence-electron chi connectivity index (χ3n) is 3.09. The molecule has 1 heterocycles. The number of aromatic nitrogens is 2. The molecule has 0 unspecified atom stereocenters. The SMILES string of the molecule is O=c1cc(-c2ccc(O)cc2O)cnn1-c1ccccc1. The lowest BCUT2D eigenvalue weighted by Crippen LogP contribution is -2.19. The molecule has 0 aliphatic carbocycles. The summed E-state index contributed by atoms with van der Waals surface area (Å²) in [5.41, 5.74) is 1.30. The lowest BCUT2D eigenvalue weighted by atomic mass is 10.1. The van der Waals surface area contributed by atoms with Gasteiger partial charge < -0.3 is 10.2 Å². The van der Waals surface area contributed by atoms with Crippen molar-refractivity contribution in [3.05, 3.63) is 71.1 Å². The Kier molecular flexibility index (Phi) is 3.16. The number of phenols is 2. The molecule has 0 saturated carbocycles. The van der Waals surface area contributed by atoms with Crippen LogP contribution in [-0.4, -0.2) is 20.0 Å². The molecule has 0 amide bonds. The van der Waals surface area contributed by atoms with Crippen molar-refractivity contribution in [2.45, 2.75) is 0 Å². The van der Waals surface area contributed by atoms with E-state index >= 15 is 0 Å². The lowest BCUT2D eigenvalue weighted by Gasteiger charge is -2.07. The van der Waals surface area contributed by atoms with Crippen LogP contribution in [0.15, 0.2) is 65.6 Å². The second-order valence-corrected chi connectivity index (χ2v) is 4.53. The van der Waals surface area contributed by atoms with Crippen molar-refractivity contribution in [3.63, 3.8) is 0 Å². The molecular formula is C16H12N2O3. The van der Waals surface area contributed by atoms with Crippen LogP contribution in [0.4, 0.5) is 0 Å². The Morgan fingerprint density at radius 2 is 1.71 bits per heavy atom. The highest BCUT2D eigenvalue weighted by Gasteiger charge is 2.08. The number of hydrogen-bond donors (Lipinski definition) is 2. The predicted octanol–water partition coefficient (Wildman–Crippen LogP) is 2.31. The molecule has 2 aromatic carbocycles. The Morgan fingerprint density at radius 1 is 0.952 bits per heavy atom. The van der Waals surface area contributed by atoms with Crippen LogP contribution in [-0.2, 0) is 0 Å². The summed E-state index contributed by atoms with van der Waals surface area (Å²) in [6, 6.07) is 14.7. The molecular weight excluding hydrogens is 268 g/mol. The molecule has 0 fully saturated rings. The van der Waals surface area contributed by atoms with Crippen LogP contribution >= 0.6 is 0 Å². The highest BCUT2D eigenvalue weighted by atomic mass is 16.3. The molecule has 0 atom stereocenters. The molecule has 2 N–H and O–H groups in total. The van der Waals surface area contributed by atoms with E-state index in [0.717, 1.165) is 0 Å². The molecule has 0 spiro atoms. The van der Waals surface area contributed by atoms with Gasteiger partial charge in [-0.3, -0.25) is 4.79 Å². The number of phenolic OH excluding ortho intramolecular Hbond substituents is 2. The van der Waals surface area contributed by atoms with Crippen LogP contribution in [0.1, 0.15) is 0 Å². The van der Waals surface area contributed by atoms with E-state index in [-0.39, 0.29) is 17.1 Å². The number of aromatic hydroxyl groups is 2. The van der Waals surface area contributed by atoms with Gasteiger partial charge in [-0.05, 0) is 24.3 Å². The topological polar surface area (TPSA) is 75.3 Å². The molecule has 104 valence electrons. The van der Waals surface area contributed by atoms with E-state index in [4.69, 9.17) is 0 Å². The number of hydrogen-bond acceptors (Lipinski definition) is 4. The summed E-state index contributed by atoms with van der Waals surface area (Å²) >= 11 is 0. The summed E-state index contributed by atoms with van der Waals surface area (Å²) in [5, 5.41) is 23.2. The van der Waals surface area contributed by atoms with Gasteiger partial charge in [-0.25, -0.2) is 0 Å². The Balaban J connectivity index is 2.08. The van der Waals surface area contributed by atoms with E-state index in [1.165, 1.54) is 35.1 Å². The standard InChI is InChI=1S/C16H12N2O3/c19-13-6-7-14(15(20)9-13)11-8-16(21)18(17-10-11)12-4-2-1-3-5-12/h1-10,19-20H. The Labute approximate surface area is 120 Å². The highest BCUT2D eigenvalue weighted by molar-refractivity contribution is 5.70. The van der Waals surface area contributed by atoms with Gasteiger partial charge in [-0.1, -0.05) is 18.2 Å².